The van der Waals surface area contributed by atoms with Gasteiger partial charge < -0.3 is 9.64 Å². The molecule has 0 N–H and O–H groups in total. The van der Waals surface area contributed by atoms with Crippen molar-refractivity contribution in [2.24, 2.45) is 0 Å². The molecule has 0 bridgehead atoms. The maximum atomic E-state index is 11.2. The Morgan fingerprint density at radius 1 is 1.45 bits per heavy atom. The molecule has 0 aromatic carbocycles. The zero-order chi connectivity index (χ0) is 16.1. The fraction of sp³-hybridized carbons (Fsp3) is 0.429. The molecule has 2 aromatic rings. The summed E-state index contributed by atoms with van der Waals surface area (Å²) in [5, 5.41) is 12.2. The van der Waals surface area contributed by atoms with Crippen molar-refractivity contribution in [3.8, 4) is 5.88 Å². The molecule has 7 nitrogen and oxygen atoms in total. The topological polar surface area (TPSA) is 81.4 Å². The van der Waals surface area contributed by atoms with Crippen LogP contribution < -0.4 is 9.64 Å². The number of anilines is 1. The number of nitro groups is 1. The van der Waals surface area contributed by atoms with Gasteiger partial charge in [0.15, 0.2) is 0 Å². The number of nitrogens with zero attached hydrogens (tertiary/aromatic N) is 4. The van der Waals surface area contributed by atoms with Gasteiger partial charge in [-0.1, -0.05) is 6.92 Å². The standard InChI is InChI=1S/C14H18N4O3S/c1-4-5-13-15-8-10(22-13)9-17(2)14-11(18(19)20)6-7-12(16-14)21-3/h6-8H,4-5,9H2,1-3H3. The zero-order valence-electron chi connectivity index (χ0n) is 12.8. The molecule has 2 heterocycles. The first kappa shape index (κ1) is 16.2. The molecular weight excluding hydrogens is 304 g/mol. The Morgan fingerprint density at radius 2 is 2.23 bits per heavy atom. The molecule has 2 rings (SSSR count). The summed E-state index contributed by atoms with van der Waals surface area (Å²) in [6.07, 6.45) is 3.82. The number of thiazole rings is 1. The Morgan fingerprint density at radius 3 is 2.86 bits per heavy atom. The molecule has 0 spiro atoms. The number of pyridine rings is 1. The van der Waals surface area contributed by atoms with Gasteiger partial charge >= 0.3 is 5.69 Å². The summed E-state index contributed by atoms with van der Waals surface area (Å²) in [4.78, 5) is 22.1. The van der Waals surface area contributed by atoms with Gasteiger partial charge in [0.1, 0.15) is 0 Å². The van der Waals surface area contributed by atoms with Crippen molar-refractivity contribution in [3.05, 3.63) is 38.3 Å². The summed E-state index contributed by atoms with van der Waals surface area (Å²) in [5.41, 5.74) is -0.0402. The largest absolute Gasteiger partial charge is 0.481 e. The van der Waals surface area contributed by atoms with E-state index in [2.05, 4.69) is 16.9 Å². The number of aromatic nitrogens is 2. The molecule has 0 aliphatic heterocycles. The molecule has 0 unspecified atom stereocenters. The van der Waals surface area contributed by atoms with Crippen LogP contribution >= 0.6 is 11.3 Å². The second-order valence-electron chi connectivity index (χ2n) is 4.78. The zero-order valence-corrected chi connectivity index (χ0v) is 13.6. The van der Waals surface area contributed by atoms with Crippen molar-refractivity contribution < 1.29 is 9.66 Å². The van der Waals surface area contributed by atoms with Crippen molar-refractivity contribution >= 4 is 22.8 Å². The summed E-state index contributed by atoms with van der Waals surface area (Å²) in [6, 6.07) is 2.90. The lowest BCUT2D eigenvalue weighted by atomic mass is 10.3. The summed E-state index contributed by atoms with van der Waals surface area (Å²) in [5.74, 6) is 0.637. The van der Waals surface area contributed by atoms with Gasteiger partial charge in [-0.15, -0.1) is 11.3 Å². The fourth-order valence-corrected chi connectivity index (χ4v) is 3.10. The monoisotopic (exact) mass is 322 g/mol. The van der Waals surface area contributed by atoms with Crippen LogP contribution in [0.25, 0.3) is 0 Å². The minimum atomic E-state index is -0.437. The van der Waals surface area contributed by atoms with Gasteiger partial charge in [-0.2, -0.15) is 4.98 Å². The highest BCUT2D eigenvalue weighted by atomic mass is 32.1. The third-order valence-electron chi connectivity index (χ3n) is 3.05. The first-order chi connectivity index (χ1) is 10.5. The lowest BCUT2D eigenvalue weighted by Gasteiger charge is -2.17. The first-order valence-corrected chi connectivity index (χ1v) is 7.71. The lowest BCUT2D eigenvalue weighted by Crippen LogP contribution is -2.18. The van der Waals surface area contributed by atoms with Crippen LogP contribution in [0, 0.1) is 10.1 Å². The number of aryl methyl sites for hydroxylation is 1. The summed E-state index contributed by atoms with van der Waals surface area (Å²) < 4.78 is 5.06. The van der Waals surface area contributed by atoms with Gasteiger partial charge in [0.25, 0.3) is 0 Å². The van der Waals surface area contributed by atoms with Gasteiger partial charge in [-0.05, 0) is 12.8 Å². The maximum absolute atomic E-state index is 11.2. The summed E-state index contributed by atoms with van der Waals surface area (Å²) in [6.45, 7) is 2.62. The van der Waals surface area contributed by atoms with E-state index in [-0.39, 0.29) is 11.5 Å². The summed E-state index contributed by atoms with van der Waals surface area (Å²) in [7, 11) is 3.26. The van der Waals surface area contributed by atoms with E-state index in [9.17, 15) is 10.1 Å². The molecule has 0 atom stereocenters. The first-order valence-electron chi connectivity index (χ1n) is 6.89. The SMILES string of the molecule is CCCc1ncc(CN(C)c2nc(OC)ccc2[N+](=O)[O-])s1. The quantitative estimate of drug-likeness (QED) is 0.575. The van der Waals surface area contributed by atoms with Crippen LogP contribution in [0.5, 0.6) is 5.88 Å². The van der Waals surface area contributed by atoms with Crippen LogP contribution in [0.4, 0.5) is 11.5 Å². The van der Waals surface area contributed by atoms with Crippen LogP contribution in [0.1, 0.15) is 23.2 Å². The summed E-state index contributed by atoms with van der Waals surface area (Å²) >= 11 is 1.62. The molecule has 8 heteroatoms. The number of hydrogen-bond acceptors (Lipinski definition) is 7. The van der Waals surface area contributed by atoms with Crippen LogP contribution in [-0.4, -0.2) is 29.0 Å². The third-order valence-corrected chi connectivity index (χ3v) is 4.10. The van der Waals surface area contributed by atoms with Crippen LogP contribution in [0.15, 0.2) is 18.3 Å². The van der Waals surface area contributed by atoms with Crippen molar-refractivity contribution in [2.75, 3.05) is 19.1 Å². The van der Waals surface area contributed by atoms with Gasteiger partial charge in [-0.3, -0.25) is 10.1 Å². The molecule has 0 saturated heterocycles. The van der Waals surface area contributed by atoms with Crippen LogP contribution in [-0.2, 0) is 13.0 Å². The number of hydrogen-bond donors (Lipinski definition) is 0. The number of rotatable bonds is 7. The Hall–Kier alpha value is -2.22. The van der Waals surface area contributed by atoms with Gasteiger partial charge in [0, 0.05) is 30.3 Å². The Bertz CT molecular complexity index is 659. The van der Waals surface area contributed by atoms with Crippen molar-refractivity contribution in [2.45, 2.75) is 26.3 Å². The van der Waals surface area contributed by atoms with Gasteiger partial charge in [0.2, 0.25) is 11.7 Å². The van der Waals surface area contributed by atoms with E-state index in [4.69, 9.17) is 4.74 Å². The van der Waals surface area contributed by atoms with E-state index < -0.39 is 4.92 Å². The van der Waals surface area contributed by atoms with E-state index in [1.54, 1.807) is 23.3 Å². The van der Waals surface area contributed by atoms with Gasteiger partial charge in [-0.25, -0.2) is 4.98 Å². The molecule has 22 heavy (non-hydrogen) atoms. The predicted molar refractivity (Wildman–Crippen MR) is 85.7 cm³/mol. The van der Waals surface area contributed by atoms with Crippen LogP contribution in [0.3, 0.4) is 0 Å². The van der Waals surface area contributed by atoms with Crippen LogP contribution in [0.2, 0.25) is 0 Å². The average Bonchev–Trinajstić information content (AvgIpc) is 2.94. The second kappa shape index (κ2) is 7.17. The highest BCUT2D eigenvalue weighted by Gasteiger charge is 2.20. The Kier molecular flexibility index (Phi) is 5.26. The molecule has 0 amide bonds. The predicted octanol–water partition coefficient (Wildman–Crippen LogP) is 3.04. The molecule has 2 aromatic heterocycles. The smallest absolute Gasteiger partial charge is 0.311 e. The van der Waals surface area contributed by atoms with E-state index in [1.165, 1.54) is 19.2 Å². The lowest BCUT2D eigenvalue weighted by molar-refractivity contribution is -0.384. The number of methoxy groups -OCH3 is 1. The van der Waals surface area contributed by atoms with E-state index in [1.807, 2.05) is 6.20 Å². The average molecular weight is 322 g/mol. The van der Waals surface area contributed by atoms with Crippen molar-refractivity contribution in [1.29, 1.82) is 0 Å². The normalized spacial score (nSPS) is 10.5. The highest BCUT2D eigenvalue weighted by molar-refractivity contribution is 7.11. The highest BCUT2D eigenvalue weighted by Crippen LogP contribution is 2.29. The maximum Gasteiger partial charge on any atom is 0.311 e. The molecule has 0 aliphatic rings. The minimum Gasteiger partial charge on any atom is -0.481 e. The van der Waals surface area contributed by atoms with E-state index in [0.717, 1.165) is 22.7 Å². The molecule has 0 aliphatic carbocycles. The molecule has 118 valence electrons. The fourth-order valence-electron chi connectivity index (χ4n) is 2.02. The second-order valence-corrected chi connectivity index (χ2v) is 5.98. The molecular formula is C14H18N4O3S. The molecule has 0 fully saturated rings. The Labute approximate surface area is 132 Å². The van der Waals surface area contributed by atoms with Crippen molar-refractivity contribution in [3.63, 3.8) is 0 Å². The molecule has 0 radical (unpaired) electrons. The van der Waals surface area contributed by atoms with Crippen molar-refractivity contribution in [1.82, 2.24) is 9.97 Å². The minimum absolute atomic E-state index is 0.0402. The third kappa shape index (κ3) is 3.70. The van der Waals surface area contributed by atoms with E-state index >= 15 is 0 Å². The number of ether oxygens (including phenoxy) is 1. The Balaban J connectivity index is 2.23. The van der Waals surface area contributed by atoms with Gasteiger partial charge in [0.05, 0.1) is 23.6 Å². The molecule has 0 saturated carbocycles. The van der Waals surface area contributed by atoms with E-state index in [0.29, 0.717) is 12.4 Å².